The van der Waals surface area contributed by atoms with Gasteiger partial charge in [-0.25, -0.2) is 9.97 Å². The number of carbonyl (C=O) groups is 1. The molecule has 2 heterocycles. The van der Waals surface area contributed by atoms with Crippen molar-refractivity contribution in [3.8, 4) is 11.1 Å². The van der Waals surface area contributed by atoms with Gasteiger partial charge in [-0.05, 0) is 42.9 Å². The van der Waals surface area contributed by atoms with Gasteiger partial charge in [0.1, 0.15) is 29.4 Å². The Morgan fingerprint density at radius 3 is 2.83 bits per heavy atom. The number of aromatic amines is 1. The number of methoxy groups -OCH3 is 1. The number of ether oxygens (including phenoxy) is 1. The number of benzene rings is 1. The van der Waals surface area contributed by atoms with Gasteiger partial charge in [0.2, 0.25) is 0 Å². The van der Waals surface area contributed by atoms with E-state index < -0.39 is 6.04 Å². The van der Waals surface area contributed by atoms with Crippen molar-refractivity contribution in [2.45, 2.75) is 51.1 Å². The Labute approximate surface area is 245 Å². The van der Waals surface area contributed by atoms with Gasteiger partial charge >= 0.3 is 0 Å². The van der Waals surface area contributed by atoms with Crippen molar-refractivity contribution >= 4 is 29.3 Å². The van der Waals surface area contributed by atoms with Crippen molar-refractivity contribution < 1.29 is 15.3 Å². The van der Waals surface area contributed by atoms with E-state index >= 15 is 0 Å². The van der Waals surface area contributed by atoms with Crippen LogP contribution in [0.3, 0.4) is 0 Å². The SMILES string of the molecule is CCC(CC[NH3+])Nc1ncnc(N)c1C(=N)C1=CC[C@H](NC(=O)c2[nH]c3c(c2-c2ccccc2)C=CCC3)C(OC)=C1. The van der Waals surface area contributed by atoms with Crippen LogP contribution in [0.25, 0.3) is 17.2 Å². The maximum Gasteiger partial charge on any atom is 0.268 e. The quantitative estimate of drug-likeness (QED) is 0.192. The second-order valence-corrected chi connectivity index (χ2v) is 10.5. The van der Waals surface area contributed by atoms with Gasteiger partial charge in [0.25, 0.3) is 5.91 Å². The molecule has 42 heavy (non-hydrogen) atoms. The van der Waals surface area contributed by atoms with Crippen LogP contribution < -0.4 is 22.1 Å². The molecule has 10 nitrogen and oxygen atoms in total. The van der Waals surface area contributed by atoms with Crippen LogP contribution >= 0.6 is 0 Å². The zero-order valence-corrected chi connectivity index (χ0v) is 24.2. The van der Waals surface area contributed by atoms with Gasteiger partial charge in [-0.1, -0.05) is 55.5 Å². The van der Waals surface area contributed by atoms with Gasteiger partial charge in [-0.3, -0.25) is 10.2 Å². The summed E-state index contributed by atoms with van der Waals surface area (Å²) in [6, 6.07) is 9.72. The van der Waals surface area contributed by atoms with Crippen LogP contribution in [0.2, 0.25) is 0 Å². The Hall–Kier alpha value is -4.70. The number of hydrogen-bond donors (Lipinski definition) is 6. The lowest BCUT2D eigenvalue weighted by atomic mass is 9.93. The minimum atomic E-state index is -0.401. The van der Waals surface area contributed by atoms with Gasteiger partial charge in [-0.2, -0.15) is 0 Å². The lowest BCUT2D eigenvalue weighted by Crippen LogP contribution is -2.51. The Bertz CT molecular complexity index is 1550. The van der Waals surface area contributed by atoms with Gasteiger partial charge in [0.15, 0.2) is 0 Å². The number of nitrogens with two attached hydrogens (primary N) is 1. The highest BCUT2D eigenvalue weighted by molar-refractivity contribution is 6.17. The Balaban J connectivity index is 1.39. The molecule has 0 radical (unpaired) electrons. The molecule has 1 unspecified atom stereocenters. The number of aryl methyl sites for hydroxylation is 1. The van der Waals surface area contributed by atoms with E-state index in [0.29, 0.717) is 34.8 Å². The average molecular weight is 568 g/mol. The molecule has 2 aromatic heterocycles. The lowest BCUT2D eigenvalue weighted by molar-refractivity contribution is -0.368. The van der Waals surface area contributed by atoms with E-state index in [-0.39, 0.29) is 23.5 Å². The molecule has 218 valence electrons. The Morgan fingerprint density at radius 1 is 1.29 bits per heavy atom. The zero-order chi connectivity index (χ0) is 29.6. The molecule has 0 bridgehead atoms. The van der Waals surface area contributed by atoms with E-state index in [2.05, 4.69) is 50.4 Å². The largest absolute Gasteiger partial charge is 0.499 e. The molecule has 0 saturated heterocycles. The molecule has 3 aromatic rings. The Morgan fingerprint density at radius 2 is 2.10 bits per heavy atom. The third-order valence-corrected chi connectivity index (χ3v) is 7.81. The number of hydrogen-bond acceptors (Lipinski definition) is 7. The van der Waals surface area contributed by atoms with Crippen molar-refractivity contribution in [1.29, 1.82) is 5.41 Å². The Kier molecular flexibility index (Phi) is 8.83. The van der Waals surface area contributed by atoms with Crippen LogP contribution in [-0.4, -0.2) is 52.3 Å². The number of rotatable bonds is 11. The molecule has 9 N–H and O–H groups in total. The van der Waals surface area contributed by atoms with Gasteiger partial charge in [0, 0.05) is 29.3 Å². The highest BCUT2D eigenvalue weighted by Gasteiger charge is 2.29. The predicted molar refractivity (Wildman–Crippen MR) is 166 cm³/mol. The summed E-state index contributed by atoms with van der Waals surface area (Å²) in [5.41, 5.74) is 16.0. The summed E-state index contributed by atoms with van der Waals surface area (Å²) in [7, 11) is 1.57. The number of carbonyl (C=O) groups excluding carboxylic acids is 1. The number of nitrogens with zero attached hydrogens (tertiary/aromatic N) is 2. The fraction of sp³-hybridized carbons (Fsp3) is 0.312. The molecule has 10 heteroatoms. The highest BCUT2D eigenvalue weighted by atomic mass is 16.5. The molecule has 2 aliphatic rings. The maximum absolute atomic E-state index is 13.7. The molecule has 0 aliphatic heterocycles. The number of nitrogen functional groups attached to an aromatic ring is 1. The topological polar surface area (TPSA) is 169 Å². The molecule has 0 saturated carbocycles. The fourth-order valence-electron chi connectivity index (χ4n) is 5.58. The van der Waals surface area contributed by atoms with Crippen molar-refractivity contribution in [2.24, 2.45) is 0 Å². The number of allylic oxidation sites excluding steroid dienone is 3. The maximum atomic E-state index is 13.7. The van der Waals surface area contributed by atoms with E-state index in [9.17, 15) is 4.79 Å². The molecule has 0 spiro atoms. The number of anilines is 2. The monoisotopic (exact) mass is 567 g/mol. The van der Waals surface area contributed by atoms with Crippen LogP contribution in [0.4, 0.5) is 11.6 Å². The lowest BCUT2D eigenvalue weighted by Gasteiger charge is -2.25. The average Bonchev–Trinajstić information content (AvgIpc) is 3.41. The van der Waals surface area contributed by atoms with Crippen molar-refractivity contribution in [3.63, 3.8) is 0 Å². The van der Waals surface area contributed by atoms with Crippen molar-refractivity contribution in [3.05, 3.63) is 88.7 Å². The van der Waals surface area contributed by atoms with Gasteiger partial charge in [-0.15, -0.1) is 0 Å². The smallest absolute Gasteiger partial charge is 0.268 e. The summed E-state index contributed by atoms with van der Waals surface area (Å²) in [5.74, 6) is 1.09. The summed E-state index contributed by atoms with van der Waals surface area (Å²) in [6.07, 6.45) is 13.3. The summed E-state index contributed by atoms with van der Waals surface area (Å²) >= 11 is 0. The van der Waals surface area contributed by atoms with Crippen LogP contribution in [0.1, 0.15) is 59.9 Å². The highest BCUT2D eigenvalue weighted by Crippen LogP contribution is 2.35. The number of fused-ring (bicyclic) bond motifs is 1. The molecule has 2 aliphatic carbocycles. The number of quaternary nitrogens is 1. The summed E-state index contributed by atoms with van der Waals surface area (Å²) < 4.78 is 5.73. The first kappa shape index (κ1) is 28.8. The van der Waals surface area contributed by atoms with E-state index in [1.807, 2.05) is 36.4 Å². The van der Waals surface area contributed by atoms with Crippen molar-refractivity contribution in [1.82, 2.24) is 20.3 Å². The summed E-state index contributed by atoms with van der Waals surface area (Å²) in [5, 5.41) is 15.6. The fourth-order valence-corrected chi connectivity index (χ4v) is 5.58. The second kappa shape index (κ2) is 12.9. The first-order chi connectivity index (χ1) is 20.4. The first-order valence-corrected chi connectivity index (χ1v) is 14.4. The van der Waals surface area contributed by atoms with Crippen LogP contribution in [0.5, 0.6) is 0 Å². The number of amides is 1. The molecule has 2 atom stereocenters. The molecular formula is C32H39N8O2+. The molecule has 0 fully saturated rings. The molecule has 1 aromatic carbocycles. The minimum Gasteiger partial charge on any atom is -0.499 e. The number of H-pyrrole nitrogens is 1. The number of aromatic nitrogens is 3. The molecular weight excluding hydrogens is 528 g/mol. The van der Waals surface area contributed by atoms with Crippen molar-refractivity contribution in [2.75, 3.05) is 24.7 Å². The van der Waals surface area contributed by atoms with Crippen LogP contribution in [-0.2, 0) is 11.2 Å². The van der Waals surface area contributed by atoms with E-state index in [1.54, 1.807) is 13.2 Å². The normalized spacial score (nSPS) is 16.6. The second-order valence-electron chi connectivity index (χ2n) is 10.5. The zero-order valence-electron chi connectivity index (χ0n) is 24.2. The third-order valence-electron chi connectivity index (χ3n) is 7.81. The van der Waals surface area contributed by atoms with Crippen LogP contribution in [0, 0.1) is 5.41 Å². The summed E-state index contributed by atoms with van der Waals surface area (Å²) in [6.45, 7) is 2.88. The minimum absolute atomic E-state index is 0.156. The number of nitrogens with one attached hydrogen (secondary N) is 4. The molecule has 5 rings (SSSR count). The van der Waals surface area contributed by atoms with Gasteiger partial charge < -0.3 is 31.8 Å². The predicted octanol–water partition coefficient (Wildman–Crippen LogP) is 3.86. The van der Waals surface area contributed by atoms with E-state index in [1.165, 1.54) is 6.33 Å². The van der Waals surface area contributed by atoms with Gasteiger partial charge in [0.05, 0.1) is 31.0 Å². The molecule has 1 amide bonds. The first-order valence-electron chi connectivity index (χ1n) is 14.4. The van der Waals surface area contributed by atoms with Crippen LogP contribution in [0.15, 0.2) is 66.2 Å². The summed E-state index contributed by atoms with van der Waals surface area (Å²) in [4.78, 5) is 25.7. The standard InChI is InChI=1S/C32H38N8O2/c1-3-21(15-16-33)38-31-27(30(35)36-18-37-31)28(34)20-13-14-24(25(17-20)42-2)40-32(41)29-26(19-9-5-4-6-10-19)22-11-7-8-12-23(22)39-29/h4-7,9-11,13,17-18,21,24,34,39H,3,8,12,14-16,33H2,1-2H3,(H,40,41)(H3,35,36,37,38)/p+1/t21?,24-/m0/s1. The van der Waals surface area contributed by atoms with E-state index in [0.717, 1.165) is 54.6 Å². The van der Waals surface area contributed by atoms with E-state index in [4.69, 9.17) is 15.9 Å². The third kappa shape index (κ3) is 5.84.